The predicted molar refractivity (Wildman–Crippen MR) is 229 cm³/mol. The maximum atomic E-state index is 16.9. The SMILES string of the molecule is CCOC[C@]12Cc3cnn(-c4ccc(F)cc4)c3C=C1CCN(S(=O)(=O)c1ccc(C(F)(F)F)cc1)C2.C[C@@H]1C[C@H]2[C@@H]3CCC4=CC(=O)C=C[C@]4(C)[C@@]3(F)[C@@H](O)C[C@]2(C)[C@@]1(O)C(=O)CO. The molecule has 1 saturated heterocycles. The van der Waals surface area contributed by atoms with Gasteiger partial charge in [-0.15, -0.1) is 0 Å². The van der Waals surface area contributed by atoms with Crippen molar-refractivity contribution in [2.24, 2.45) is 34.0 Å². The molecular formula is C48H54F5N3O8S. The van der Waals surface area contributed by atoms with Crippen molar-refractivity contribution in [2.75, 3.05) is 32.9 Å². The van der Waals surface area contributed by atoms with Gasteiger partial charge < -0.3 is 20.1 Å². The van der Waals surface area contributed by atoms with Gasteiger partial charge in [-0.3, -0.25) is 9.59 Å². The highest BCUT2D eigenvalue weighted by molar-refractivity contribution is 7.89. The van der Waals surface area contributed by atoms with Gasteiger partial charge >= 0.3 is 6.18 Å². The van der Waals surface area contributed by atoms with Crippen LogP contribution in [0.15, 0.2) is 89.0 Å². The van der Waals surface area contributed by atoms with E-state index in [0.29, 0.717) is 50.0 Å². The van der Waals surface area contributed by atoms with Crippen molar-refractivity contribution in [3.05, 3.63) is 107 Å². The van der Waals surface area contributed by atoms with E-state index in [0.717, 1.165) is 41.1 Å². The molecule has 2 heterocycles. The number of aliphatic hydroxyl groups excluding tert-OH is 2. The highest BCUT2D eigenvalue weighted by atomic mass is 32.2. The Hall–Kier alpha value is -4.39. The molecule has 4 fully saturated rings. The standard InChI is InChI=1S/C26H25F4N3O3S.C22H29FO5/c1-2-36-17-25-14-18-15-31-33(22-7-5-21(27)6-8-22)24(18)13-20(25)11-12-32(16-25)37(34,35)23-9-3-19(4-10-23)26(28,29)30;1-12-8-16-15-5-4-13-9-14(25)6-7-19(13,2)21(15,23)17(26)10-20(16,3)22(12,28)18(27)11-24/h3-10,13,15H,2,11-12,14,16-17H2,1H3;6-7,9,12,15-17,24,26,28H,4-5,8,10-11H2,1-3H3/t25-;12-,15+,16+,17+,19+,20+,21+,22+/m11/s1. The van der Waals surface area contributed by atoms with E-state index >= 15 is 4.39 Å². The monoisotopic (exact) mass is 927 g/mol. The van der Waals surface area contributed by atoms with E-state index in [1.807, 2.05) is 13.0 Å². The lowest BCUT2D eigenvalue weighted by Gasteiger charge is -2.62. The third kappa shape index (κ3) is 7.30. The van der Waals surface area contributed by atoms with Crippen molar-refractivity contribution in [3.8, 4) is 5.69 Å². The summed E-state index contributed by atoms with van der Waals surface area (Å²) in [5.41, 5.74) is -3.22. The van der Waals surface area contributed by atoms with Gasteiger partial charge in [0.2, 0.25) is 10.0 Å². The van der Waals surface area contributed by atoms with Crippen molar-refractivity contribution in [1.29, 1.82) is 0 Å². The number of halogens is 5. The van der Waals surface area contributed by atoms with Crippen molar-refractivity contribution >= 4 is 27.7 Å². The van der Waals surface area contributed by atoms with Gasteiger partial charge in [-0.25, -0.2) is 21.9 Å². The van der Waals surface area contributed by atoms with E-state index < -0.39 is 79.6 Å². The number of ether oxygens (including phenoxy) is 1. The molecule has 1 aromatic heterocycles. The Morgan fingerprint density at radius 2 is 1.71 bits per heavy atom. The van der Waals surface area contributed by atoms with Crippen LogP contribution in [0.4, 0.5) is 22.0 Å². The summed E-state index contributed by atoms with van der Waals surface area (Å²) in [5, 5.41) is 36.5. The van der Waals surface area contributed by atoms with Crippen LogP contribution in [0, 0.1) is 39.8 Å². The fraction of sp³-hybridized carbons (Fsp3) is 0.521. The molecule has 11 nitrogen and oxygen atoms in total. The lowest BCUT2D eigenvalue weighted by atomic mass is 9.44. The van der Waals surface area contributed by atoms with Crippen LogP contribution in [0.2, 0.25) is 0 Å². The number of Topliss-reactive ketones (excluding diaryl/α,β-unsaturated/α-hetero) is 1. The van der Waals surface area contributed by atoms with E-state index in [2.05, 4.69) is 5.10 Å². The molecule has 6 aliphatic rings. The molecule has 17 heteroatoms. The Bertz CT molecular complexity index is 2580. The molecule has 350 valence electrons. The number of ketones is 2. The predicted octanol–water partition coefficient (Wildman–Crippen LogP) is 6.98. The van der Waals surface area contributed by atoms with Crippen molar-refractivity contribution in [1.82, 2.24) is 14.1 Å². The topological polar surface area (TPSA) is 159 Å². The van der Waals surface area contributed by atoms with E-state index in [4.69, 9.17) is 4.74 Å². The molecule has 0 spiro atoms. The van der Waals surface area contributed by atoms with Crippen LogP contribution in [0.1, 0.15) is 76.6 Å². The number of allylic oxidation sites excluding steroid dienone is 4. The highest BCUT2D eigenvalue weighted by Crippen LogP contribution is 2.70. The van der Waals surface area contributed by atoms with E-state index in [-0.39, 0.29) is 48.5 Å². The van der Waals surface area contributed by atoms with E-state index in [1.54, 1.807) is 49.9 Å². The number of hydrogen-bond donors (Lipinski definition) is 3. The summed E-state index contributed by atoms with van der Waals surface area (Å²) in [6.07, 6.45) is 4.54. The minimum atomic E-state index is -4.55. The molecule has 0 radical (unpaired) electrons. The second kappa shape index (κ2) is 16.4. The number of fused-ring (bicyclic) bond motifs is 7. The van der Waals surface area contributed by atoms with E-state index in [9.17, 15) is 50.9 Å². The van der Waals surface area contributed by atoms with Crippen molar-refractivity contribution in [2.45, 2.75) is 94.7 Å². The number of carbonyl (C=O) groups excluding carboxylic acids is 2. The van der Waals surface area contributed by atoms with Gasteiger partial charge in [0.1, 0.15) is 18.0 Å². The molecule has 9 rings (SSSR count). The lowest BCUT2D eigenvalue weighted by molar-refractivity contribution is -0.219. The van der Waals surface area contributed by atoms with Gasteiger partial charge in [0, 0.05) is 41.9 Å². The summed E-state index contributed by atoms with van der Waals surface area (Å²) in [5.74, 6) is -2.47. The number of hydrogen-bond acceptors (Lipinski definition) is 9. The fourth-order valence-corrected chi connectivity index (χ4v) is 13.9. The molecule has 2 aromatic carbocycles. The summed E-state index contributed by atoms with van der Waals surface area (Å²) in [6, 6.07) is 9.59. The van der Waals surface area contributed by atoms with Crippen LogP contribution in [0.3, 0.4) is 0 Å². The minimum absolute atomic E-state index is 0.0676. The first-order chi connectivity index (χ1) is 30.5. The molecule has 3 N–H and O–H groups in total. The Morgan fingerprint density at radius 3 is 2.35 bits per heavy atom. The zero-order chi connectivity index (χ0) is 47.1. The normalized spacial score (nSPS) is 34.2. The van der Waals surface area contributed by atoms with Crippen molar-refractivity contribution < 1.29 is 60.0 Å². The largest absolute Gasteiger partial charge is 0.416 e. The quantitative estimate of drug-likeness (QED) is 0.203. The van der Waals surface area contributed by atoms with Crippen LogP contribution < -0.4 is 0 Å². The Morgan fingerprint density at radius 1 is 1.02 bits per heavy atom. The van der Waals surface area contributed by atoms with Crippen LogP contribution in [-0.4, -0.2) is 99.7 Å². The molecule has 3 aromatic rings. The molecule has 3 saturated carbocycles. The Kier molecular flexibility index (Phi) is 11.9. The summed E-state index contributed by atoms with van der Waals surface area (Å²) in [6.45, 7) is 7.39. The van der Waals surface area contributed by atoms with Gasteiger partial charge in [-0.2, -0.15) is 22.6 Å². The zero-order valence-electron chi connectivity index (χ0n) is 36.6. The number of aliphatic hydroxyl groups is 3. The van der Waals surface area contributed by atoms with Gasteiger partial charge in [0.25, 0.3) is 0 Å². The molecule has 9 atom stereocenters. The van der Waals surface area contributed by atoms with Gasteiger partial charge in [-0.1, -0.05) is 31.1 Å². The number of benzene rings is 2. The van der Waals surface area contributed by atoms with Crippen molar-refractivity contribution in [3.63, 3.8) is 0 Å². The minimum Gasteiger partial charge on any atom is -0.390 e. The molecule has 65 heavy (non-hydrogen) atoms. The number of alkyl halides is 4. The molecular weight excluding hydrogens is 874 g/mol. The number of piperidine rings is 1. The number of rotatable bonds is 8. The second-order valence-electron chi connectivity index (χ2n) is 19.1. The van der Waals surface area contributed by atoms with Gasteiger partial charge in [0.05, 0.1) is 40.7 Å². The summed E-state index contributed by atoms with van der Waals surface area (Å²) in [4.78, 5) is 24.2. The second-order valence-corrected chi connectivity index (χ2v) is 21.0. The summed E-state index contributed by atoms with van der Waals surface area (Å²) in [7, 11) is -4.03. The molecule has 0 amide bonds. The highest BCUT2D eigenvalue weighted by Gasteiger charge is 2.75. The van der Waals surface area contributed by atoms with Gasteiger partial charge in [0.15, 0.2) is 17.2 Å². The third-order valence-corrected chi connectivity index (χ3v) is 17.6. The summed E-state index contributed by atoms with van der Waals surface area (Å²) < 4.78 is 105. The first-order valence-electron chi connectivity index (χ1n) is 22.0. The van der Waals surface area contributed by atoms with Crippen LogP contribution in [0.5, 0.6) is 0 Å². The molecule has 1 aliphatic heterocycles. The number of sulfonamides is 1. The van der Waals surface area contributed by atoms with Crippen LogP contribution in [0.25, 0.3) is 11.8 Å². The Labute approximate surface area is 374 Å². The number of nitrogens with zero attached hydrogens (tertiary/aromatic N) is 3. The fourth-order valence-electron chi connectivity index (χ4n) is 12.3. The van der Waals surface area contributed by atoms with Crippen LogP contribution >= 0.6 is 0 Å². The average molecular weight is 928 g/mol. The summed E-state index contributed by atoms with van der Waals surface area (Å²) >= 11 is 0. The maximum Gasteiger partial charge on any atom is 0.416 e. The number of aromatic nitrogens is 2. The molecule has 5 aliphatic carbocycles. The van der Waals surface area contributed by atoms with Crippen LogP contribution in [-0.2, 0) is 36.9 Å². The average Bonchev–Trinajstić information content (AvgIpc) is 3.76. The first kappa shape index (κ1) is 47.1. The maximum absolute atomic E-state index is 16.9. The molecule has 0 unspecified atom stereocenters. The lowest BCUT2D eigenvalue weighted by Crippen LogP contribution is -2.69. The van der Waals surface area contributed by atoms with E-state index in [1.165, 1.54) is 28.6 Å². The smallest absolute Gasteiger partial charge is 0.390 e. The first-order valence-corrected chi connectivity index (χ1v) is 23.4. The third-order valence-electron chi connectivity index (χ3n) is 15.8. The zero-order valence-corrected chi connectivity index (χ0v) is 37.4. The number of carbonyl (C=O) groups is 2. The Balaban J connectivity index is 0.000000184. The van der Waals surface area contributed by atoms with Gasteiger partial charge in [-0.05, 0) is 137 Å². The molecule has 0 bridgehead atoms.